The van der Waals surface area contributed by atoms with E-state index in [2.05, 4.69) is 16.0 Å². The van der Waals surface area contributed by atoms with Gasteiger partial charge in [-0.05, 0) is 110 Å². The molecule has 306 valence electrons. The van der Waals surface area contributed by atoms with E-state index in [0.29, 0.717) is 26.1 Å². The van der Waals surface area contributed by atoms with Crippen molar-refractivity contribution < 1.29 is 33.8 Å². The third-order valence-corrected chi connectivity index (χ3v) is 11.7. The van der Waals surface area contributed by atoms with E-state index in [-0.39, 0.29) is 23.2 Å². The molecule has 15 heteroatoms. The van der Waals surface area contributed by atoms with Crippen molar-refractivity contribution >= 4 is 57.4 Å². The van der Waals surface area contributed by atoms with Gasteiger partial charge in [0.15, 0.2) is 0 Å². The second-order valence-corrected chi connectivity index (χ2v) is 19.5. The number of ether oxygens (including phenoxy) is 2. The number of alkyl carbamates (subject to hydrolysis) is 2. The normalized spacial score (nSPS) is 16.5. The molecule has 0 atom stereocenters. The zero-order valence-electron chi connectivity index (χ0n) is 33.3. The Bertz CT molecular complexity index is 989. The van der Waals surface area contributed by atoms with Crippen LogP contribution in [0.3, 0.4) is 0 Å². The Morgan fingerprint density at radius 2 is 1.06 bits per heavy atom. The Morgan fingerprint density at radius 1 is 0.654 bits per heavy atom. The van der Waals surface area contributed by atoms with Crippen molar-refractivity contribution in [3.8, 4) is 0 Å². The van der Waals surface area contributed by atoms with Crippen molar-refractivity contribution in [1.82, 2.24) is 16.0 Å². The molecule has 0 aromatic rings. The van der Waals surface area contributed by atoms with Gasteiger partial charge in [0.2, 0.25) is 5.91 Å². The van der Waals surface area contributed by atoms with Gasteiger partial charge in [0.25, 0.3) is 0 Å². The largest absolute Gasteiger partial charge is 0.481 e. The smallest absolute Gasteiger partial charge is 0.407 e. The third kappa shape index (κ3) is 28.0. The number of carboxylic acid groups (broad SMARTS) is 1. The number of aliphatic carboxylic acids is 1. The minimum absolute atomic E-state index is 0.0898. The van der Waals surface area contributed by atoms with Crippen molar-refractivity contribution in [2.45, 2.75) is 143 Å². The molecule has 0 spiro atoms. The molecule has 12 nitrogen and oxygen atoms in total. The van der Waals surface area contributed by atoms with E-state index in [1.165, 1.54) is 17.9 Å². The van der Waals surface area contributed by atoms with Crippen molar-refractivity contribution in [3.63, 3.8) is 0 Å². The summed E-state index contributed by atoms with van der Waals surface area (Å²) in [5, 5.41) is 17.6. The standard InChI is InChI=1S/C17H32N2O3S.C14H25NO4.C6H16N2S2/c1-16(2,3)22-15(21)19-13-17(8-6-5-7-9-17)12-14(20)18-10-11-23-4;1-13(2,3)19-12(18)15-10-14(9-11(16)17)7-5-4-6-8-14;7-3-1-5-9-10-6-2-4-8/h5-13H2,1-4H3,(H,18,20)(H,19,21);4-10H2,1-3H3,(H,15,18)(H,16,17);1-8H2. The van der Waals surface area contributed by atoms with Crippen LogP contribution in [0.5, 0.6) is 0 Å². The monoisotopic (exact) mass is 795 g/mol. The minimum atomic E-state index is -0.798. The first kappa shape index (κ1) is 50.5. The number of thioether (sulfide) groups is 1. The van der Waals surface area contributed by atoms with Crippen LogP contribution in [0.25, 0.3) is 0 Å². The number of nitrogens with one attached hydrogen (secondary N) is 3. The van der Waals surface area contributed by atoms with Gasteiger partial charge in [-0.25, -0.2) is 9.59 Å². The van der Waals surface area contributed by atoms with Gasteiger partial charge in [-0.15, -0.1) is 0 Å². The maximum Gasteiger partial charge on any atom is 0.407 e. The fraction of sp³-hybridized carbons (Fsp3) is 0.892. The number of carbonyl (C=O) groups excluding carboxylic acids is 3. The number of carboxylic acids is 1. The summed E-state index contributed by atoms with van der Waals surface area (Å²) in [5.74, 6) is 2.56. The molecular weight excluding hydrogens is 723 g/mol. The fourth-order valence-electron chi connectivity index (χ4n) is 6.00. The summed E-state index contributed by atoms with van der Waals surface area (Å²) >= 11 is 1.72. The summed E-state index contributed by atoms with van der Waals surface area (Å²) in [6.45, 7) is 14.2. The summed E-state index contributed by atoms with van der Waals surface area (Å²) < 4.78 is 10.5. The van der Waals surface area contributed by atoms with Gasteiger partial charge < -0.3 is 42.0 Å². The molecule has 0 radical (unpaired) electrons. The van der Waals surface area contributed by atoms with Crippen LogP contribution in [0.15, 0.2) is 0 Å². The van der Waals surface area contributed by atoms with E-state index in [0.717, 1.165) is 89.5 Å². The number of rotatable bonds is 18. The SMILES string of the molecule is CC(C)(C)OC(=O)NCC1(CC(=O)O)CCCCC1.CSCCNC(=O)CC1(CNC(=O)OC(C)(C)C)CCCCC1.NCCCSSCCCN. The highest BCUT2D eigenvalue weighted by Gasteiger charge is 2.36. The first-order valence-corrected chi connectivity index (χ1v) is 22.8. The molecule has 8 N–H and O–H groups in total. The zero-order valence-corrected chi connectivity index (χ0v) is 35.8. The summed E-state index contributed by atoms with van der Waals surface area (Å²) in [4.78, 5) is 46.8. The second-order valence-electron chi connectivity index (χ2n) is 15.9. The Balaban J connectivity index is 0.000000807. The first-order valence-electron chi connectivity index (χ1n) is 19.0. The Morgan fingerprint density at radius 3 is 1.40 bits per heavy atom. The molecule has 2 fully saturated rings. The third-order valence-electron chi connectivity index (χ3n) is 8.48. The van der Waals surface area contributed by atoms with E-state index in [9.17, 15) is 19.2 Å². The summed E-state index contributed by atoms with van der Waals surface area (Å²) in [6, 6.07) is 0. The van der Waals surface area contributed by atoms with Crippen LogP contribution in [0, 0.1) is 10.8 Å². The van der Waals surface area contributed by atoms with Crippen molar-refractivity contribution in [2.75, 3.05) is 56.2 Å². The van der Waals surface area contributed by atoms with Gasteiger partial charge in [-0.2, -0.15) is 11.8 Å². The molecule has 0 unspecified atom stereocenters. The van der Waals surface area contributed by atoms with Gasteiger partial charge in [-0.3, -0.25) is 9.59 Å². The maximum atomic E-state index is 12.2. The lowest BCUT2D eigenvalue weighted by Crippen LogP contribution is -2.44. The molecule has 0 heterocycles. The molecular formula is C37H73N5O7S3. The van der Waals surface area contributed by atoms with Crippen LogP contribution in [-0.4, -0.2) is 96.6 Å². The average molecular weight is 796 g/mol. The van der Waals surface area contributed by atoms with Gasteiger partial charge in [0.1, 0.15) is 11.2 Å². The maximum absolute atomic E-state index is 12.2. The van der Waals surface area contributed by atoms with E-state index < -0.39 is 29.4 Å². The number of amides is 3. The molecule has 52 heavy (non-hydrogen) atoms. The fourth-order valence-corrected chi connectivity index (χ4v) is 8.53. The highest BCUT2D eigenvalue weighted by atomic mass is 33.1. The summed E-state index contributed by atoms with van der Waals surface area (Å²) in [5.41, 5.74) is 9.19. The van der Waals surface area contributed by atoms with Gasteiger partial charge in [-0.1, -0.05) is 60.1 Å². The second kappa shape index (κ2) is 27.9. The lowest BCUT2D eigenvalue weighted by atomic mass is 9.71. The van der Waals surface area contributed by atoms with Crippen LogP contribution >= 0.6 is 33.3 Å². The van der Waals surface area contributed by atoms with Crippen LogP contribution in [0.2, 0.25) is 0 Å². The molecule has 2 rings (SSSR count). The molecule has 0 bridgehead atoms. The molecule has 0 aliphatic heterocycles. The summed E-state index contributed by atoms with van der Waals surface area (Å²) in [7, 11) is 3.80. The minimum Gasteiger partial charge on any atom is -0.481 e. The zero-order chi connectivity index (χ0) is 39.5. The van der Waals surface area contributed by atoms with Crippen LogP contribution in [0.1, 0.15) is 131 Å². The first-order chi connectivity index (χ1) is 24.4. The lowest BCUT2D eigenvalue weighted by Gasteiger charge is -2.37. The predicted molar refractivity (Wildman–Crippen MR) is 220 cm³/mol. The number of hydrogen-bond donors (Lipinski definition) is 6. The average Bonchev–Trinajstić information content (AvgIpc) is 3.04. The predicted octanol–water partition coefficient (Wildman–Crippen LogP) is 7.33. The molecule has 2 aliphatic rings. The molecule has 0 aromatic carbocycles. The topological polar surface area (TPSA) is 195 Å². The molecule has 0 aromatic heterocycles. The number of carbonyl (C=O) groups is 4. The Hall–Kier alpha value is -1.55. The molecule has 2 saturated carbocycles. The van der Waals surface area contributed by atoms with Crippen molar-refractivity contribution in [3.05, 3.63) is 0 Å². The van der Waals surface area contributed by atoms with Crippen LogP contribution in [0.4, 0.5) is 9.59 Å². The molecule has 2 aliphatic carbocycles. The van der Waals surface area contributed by atoms with E-state index in [1.807, 2.05) is 48.6 Å². The summed E-state index contributed by atoms with van der Waals surface area (Å²) in [6.07, 6.45) is 14.3. The van der Waals surface area contributed by atoms with Crippen molar-refractivity contribution in [2.24, 2.45) is 22.3 Å². The van der Waals surface area contributed by atoms with Crippen molar-refractivity contribution in [1.29, 1.82) is 0 Å². The molecule has 0 saturated heterocycles. The van der Waals surface area contributed by atoms with E-state index in [4.69, 9.17) is 26.0 Å². The Kier molecular flexibility index (Phi) is 27.1. The number of nitrogens with two attached hydrogens (primary N) is 2. The quantitative estimate of drug-likeness (QED) is 0.0598. The number of hydrogen-bond acceptors (Lipinski definition) is 11. The van der Waals surface area contributed by atoms with Crippen LogP contribution in [-0.2, 0) is 19.1 Å². The van der Waals surface area contributed by atoms with Gasteiger partial charge >= 0.3 is 18.2 Å². The van der Waals surface area contributed by atoms with E-state index >= 15 is 0 Å². The highest BCUT2D eigenvalue weighted by Crippen LogP contribution is 2.40. The van der Waals surface area contributed by atoms with Gasteiger partial charge in [0, 0.05) is 43.3 Å². The lowest BCUT2D eigenvalue weighted by molar-refractivity contribution is -0.140. The van der Waals surface area contributed by atoms with Crippen LogP contribution < -0.4 is 27.4 Å². The van der Waals surface area contributed by atoms with Gasteiger partial charge in [0.05, 0.1) is 6.42 Å². The Labute approximate surface area is 327 Å². The highest BCUT2D eigenvalue weighted by molar-refractivity contribution is 8.76. The molecule has 3 amide bonds. The van der Waals surface area contributed by atoms with E-state index in [1.54, 1.807) is 32.5 Å².